The third-order valence-corrected chi connectivity index (χ3v) is 4.94. The zero-order valence-corrected chi connectivity index (χ0v) is 12.0. The molecular formula is C12H16N2O5S. The molecule has 8 heteroatoms. The smallest absolute Gasteiger partial charge is 0.289 e. The van der Waals surface area contributed by atoms with E-state index < -0.39 is 20.6 Å². The number of nitrogens with zero attached hydrogens (tertiary/aromatic N) is 2. The molecule has 1 aliphatic rings. The lowest BCUT2D eigenvalue weighted by Crippen LogP contribution is -2.48. The SMILES string of the molecule is C[C@@H]1CN(S(=O)(=O)c2ccccc2[N+](=O)[O-])C[C@@H](C)O1. The molecule has 1 aliphatic heterocycles. The number of para-hydroxylation sites is 1. The molecule has 20 heavy (non-hydrogen) atoms. The predicted molar refractivity (Wildman–Crippen MR) is 71.9 cm³/mol. The van der Waals surface area contributed by atoms with E-state index in [0.717, 1.165) is 0 Å². The standard InChI is InChI=1S/C12H16N2O5S/c1-9-7-13(8-10(2)19-9)20(17,18)12-6-4-3-5-11(12)14(15)16/h3-6,9-10H,7-8H2,1-2H3/t9-,10-/m1/s1. The minimum Gasteiger partial charge on any atom is -0.373 e. The van der Waals surface area contributed by atoms with Crippen LogP contribution >= 0.6 is 0 Å². The highest BCUT2D eigenvalue weighted by Gasteiger charge is 2.35. The van der Waals surface area contributed by atoms with Crippen molar-refractivity contribution in [3.8, 4) is 0 Å². The Hall–Kier alpha value is -1.51. The highest BCUT2D eigenvalue weighted by atomic mass is 32.2. The van der Waals surface area contributed by atoms with Crippen LogP contribution in [0.4, 0.5) is 5.69 Å². The van der Waals surface area contributed by atoms with Gasteiger partial charge in [-0.25, -0.2) is 8.42 Å². The molecule has 1 saturated heterocycles. The van der Waals surface area contributed by atoms with E-state index in [0.29, 0.717) is 0 Å². The fourth-order valence-corrected chi connectivity index (χ4v) is 4.04. The molecule has 1 heterocycles. The molecule has 1 aromatic rings. The summed E-state index contributed by atoms with van der Waals surface area (Å²) in [7, 11) is -3.89. The maximum absolute atomic E-state index is 12.6. The Labute approximate surface area is 117 Å². The molecule has 0 spiro atoms. The summed E-state index contributed by atoms with van der Waals surface area (Å²) in [5.41, 5.74) is -0.403. The maximum atomic E-state index is 12.6. The first kappa shape index (κ1) is 14.9. The number of hydrogen-bond acceptors (Lipinski definition) is 5. The molecule has 0 aromatic heterocycles. The lowest BCUT2D eigenvalue weighted by molar-refractivity contribution is -0.387. The molecule has 7 nitrogen and oxygen atoms in total. The minimum atomic E-state index is -3.89. The van der Waals surface area contributed by atoms with Gasteiger partial charge in [-0.2, -0.15) is 4.31 Å². The Bertz CT molecular complexity index is 606. The molecular weight excluding hydrogens is 284 g/mol. The molecule has 0 radical (unpaired) electrons. The summed E-state index contributed by atoms with van der Waals surface area (Å²) < 4.78 is 31.9. The van der Waals surface area contributed by atoms with Crippen molar-refractivity contribution in [2.24, 2.45) is 0 Å². The Morgan fingerprint density at radius 2 is 1.80 bits per heavy atom. The van der Waals surface area contributed by atoms with Crippen molar-refractivity contribution in [1.82, 2.24) is 4.31 Å². The van der Waals surface area contributed by atoms with E-state index in [1.807, 2.05) is 0 Å². The summed E-state index contributed by atoms with van der Waals surface area (Å²) in [6, 6.07) is 5.38. The number of nitro groups is 1. The Balaban J connectivity index is 2.43. The first-order chi connectivity index (χ1) is 9.32. The molecule has 1 fully saturated rings. The quantitative estimate of drug-likeness (QED) is 0.621. The van der Waals surface area contributed by atoms with Crippen LogP contribution in [0.25, 0.3) is 0 Å². The second kappa shape index (κ2) is 5.47. The van der Waals surface area contributed by atoms with Gasteiger partial charge in [0.25, 0.3) is 5.69 Å². The van der Waals surface area contributed by atoms with Crippen molar-refractivity contribution in [3.63, 3.8) is 0 Å². The molecule has 0 unspecified atom stereocenters. The topological polar surface area (TPSA) is 89.8 Å². The van der Waals surface area contributed by atoms with E-state index >= 15 is 0 Å². The van der Waals surface area contributed by atoms with Crippen molar-refractivity contribution < 1.29 is 18.1 Å². The number of rotatable bonds is 3. The summed E-state index contributed by atoms with van der Waals surface area (Å²) in [6.45, 7) is 3.94. The molecule has 0 N–H and O–H groups in total. The zero-order chi connectivity index (χ0) is 14.9. The van der Waals surface area contributed by atoms with E-state index in [2.05, 4.69) is 0 Å². The van der Waals surface area contributed by atoms with Crippen molar-refractivity contribution in [1.29, 1.82) is 0 Å². The number of hydrogen-bond donors (Lipinski definition) is 0. The summed E-state index contributed by atoms with van der Waals surface area (Å²) in [6.07, 6.45) is -0.479. The third kappa shape index (κ3) is 2.82. The normalized spacial score (nSPS) is 24.5. The van der Waals surface area contributed by atoms with E-state index in [9.17, 15) is 18.5 Å². The van der Waals surface area contributed by atoms with E-state index in [4.69, 9.17) is 4.74 Å². The van der Waals surface area contributed by atoms with Gasteiger partial charge in [0.1, 0.15) is 0 Å². The van der Waals surface area contributed by atoms with Gasteiger partial charge >= 0.3 is 0 Å². The van der Waals surface area contributed by atoms with Gasteiger partial charge in [0.15, 0.2) is 4.90 Å². The van der Waals surface area contributed by atoms with Crippen molar-refractivity contribution in [3.05, 3.63) is 34.4 Å². The van der Waals surface area contributed by atoms with E-state index in [1.165, 1.54) is 28.6 Å². The maximum Gasteiger partial charge on any atom is 0.289 e. The van der Waals surface area contributed by atoms with E-state index in [-0.39, 0.29) is 30.2 Å². The van der Waals surface area contributed by atoms with Gasteiger partial charge < -0.3 is 4.74 Å². The fourth-order valence-electron chi connectivity index (χ4n) is 2.29. The van der Waals surface area contributed by atoms with Gasteiger partial charge in [-0.15, -0.1) is 0 Å². The van der Waals surface area contributed by atoms with Gasteiger partial charge in [0.05, 0.1) is 17.1 Å². The monoisotopic (exact) mass is 300 g/mol. The van der Waals surface area contributed by atoms with Crippen LogP contribution in [0.5, 0.6) is 0 Å². The molecule has 2 atom stereocenters. The molecule has 2 rings (SSSR count). The van der Waals surface area contributed by atoms with E-state index in [1.54, 1.807) is 13.8 Å². The van der Waals surface area contributed by atoms with Crippen LogP contribution in [0, 0.1) is 10.1 Å². The molecule has 110 valence electrons. The summed E-state index contributed by atoms with van der Waals surface area (Å²) in [4.78, 5) is 10.0. The van der Waals surface area contributed by atoms with Gasteiger partial charge in [0, 0.05) is 19.2 Å². The average Bonchev–Trinajstić information content (AvgIpc) is 2.37. The molecule has 0 aliphatic carbocycles. The number of morpholine rings is 1. The van der Waals surface area contributed by atoms with Crippen molar-refractivity contribution in [2.45, 2.75) is 31.0 Å². The average molecular weight is 300 g/mol. The summed E-state index contributed by atoms with van der Waals surface area (Å²) in [5, 5.41) is 11.0. The first-order valence-electron chi connectivity index (χ1n) is 6.21. The molecule has 0 amide bonds. The first-order valence-corrected chi connectivity index (χ1v) is 7.65. The lowest BCUT2D eigenvalue weighted by atomic mass is 10.3. The number of ether oxygens (including phenoxy) is 1. The van der Waals surface area contributed by atoms with Crippen LogP contribution in [0.15, 0.2) is 29.2 Å². The number of sulfonamides is 1. The Morgan fingerprint density at radius 1 is 1.25 bits per heavy atom. The summed E-state index contributed by atoms with van der Waals surface area (Å²) in [5.74, 6) is 0. The number of nitro benzene ring substituents is 1. The van der Waals surface area contributed by atoms with Crippen LogP contribution in [0.3, 0.4) is 0 Å². The van der Waals surface area contributed by atoms with Crippen LogP contribution in [-0.2, 0) is 14.8 Å². The Kier molecular flexibility index (Phi) is 4.07. The fraction of sp³-hybridized carbons (Fsp3) is 0.500. The molecule has 0 bridgehead atoms. The molecule has 1 aromatic carbocycles. The van der Waals surface area contributed by atoms with Gasteiger partial charge in [0.2, 0.25) is 10.0 Å². The second-order valence-electron chi connectivity index (χ2n) is 4.80. The molecule has 0 saturated carbocycles. The number of benzene rings is 1. The van der Waals surface area contributed by atoms with Gasteiger partial charge in [-0.3, -0.25) is 10.1 Å². The van der Waals surface area contributed by atoms with Crippen LogP contribution in [0.2, 0.25) is 0 Å². The lowest BCUT2D eigenvalue weighted by Gasteiger charge is -2.34. The largest absolute Gasteiger partial charge is 0.373 e. The third-order valence-electron chi connectivity index (χ3n) is 3.07. The zero-order valence-electron chi connectivity index (χ0n) is 11.2. The van der Waals surface area contributed by atoms with Crippen LogP contribution in [0.1, 0.15) is 13.8 Å². The highest BCUT2D eigenvalue weighted by Crippen LogP contribution is 2.28. The summed E-state index contributed by atoms with van der Waals surface area (Å²) >= 11 is 0. The highest BCUT2D eigenvalue weighted by molar-refractivity contribution is 7.89. The predicted octanol–water partition coefficient (Wildman–Crippen LogP) is 1.39. The Morgan fingerprint density at radius 3 is 2.35 bits per heavy atom. The van der Waals surface area contributed by atoms with Crippen LogP contribution < -0.4 is 0 Å². The van der Waals surface area contributed by atoms with Crippen molar-refractivity contribution in [2.75, 3.05) is 13.1 Å². The van der Waals surface area contributed by atoms with Crippen LogP contribution in [-0.4, -0.2) is 42.9 Å². The van der Waals surface area contributed by atoms with Crippen molar-refractivity contribution >= 4 is 15.7 Å². The minimum absolute atomic E-state index is 0.193. The van der Waals surface area contributed by atoms with Gasteiger partial charge in [-0.05, 0) is 19.9 Å². The van der Waals surface area contributed by atoms with Gasteiger partial charge in [-0.1, -0.05) is 12.1 Å². The second-order valence-corrected chi connectivity index (χ2v) is 6.71.